The number of hydrogen-bond donors (Lipinski definition) is 2. The summed E-state index contributed by atoms with van der Waals surface area (Å²) in [6.45, 7) is 7.66. The van der Waals surface area contributed by atoms with Crippen LogP contribution in [0.15, 0.2) is 69.1 Å². The minimum absolute atomic E-state index is 0.0242. The molecule has 3 aromatic rings. The van der Waals surface area contributed by atoms with E-state index < -0.39 is 34.3 Å². The number of ether oxygens (including phenoxy) is 1. The van der Waals surface area contributed by atoms with Crippen molar-refractivity contribution in [1.82, 2.24) is 14.1 Å². The van der Waals surface area contributed by atoms with Crippen LogP contribution < -0.4 is 15.9 Å². The van der Waals surface area contributed by atoms with Crippen molar-refractivity contribution in [3.63, 3.8) is 0 Å². The van der Waals surface area contributed by atoms with Gasteiger partial charge in [-0.3, -0.25) is 23.7 Å². The van der Waals surface area contributed by atoms with E-state index in [0.717, 1.165) is 6.20 Å². The minimum atomic E-state index is -0.900. The van der Waals surface area contributed by atoms with E-state index in [1.807, 2.05) is 0 Å². The Morgan fingerprint density at radius 2 is 1.98 bits per heavy atom. The Morgan fingerprint density at radius 1 is 1.27 bits per heavy atom. The summed E-state index contributed by atoms with van der Waals surface area (Å²) in [5.41, 5.74) is -0.818. The standard InChI is InChI=1S/C29H31ClF2N4O5/c1-17(19(3)38)13-34-25(36-9-6-7-21(27(36)39)29(4,5)16-37)8-10-35-18(2)11-24(26(30)28(35)40)41-15-23-22(32)12-20(31)14-33-23/h6-14,19,37-38H,15-16H2,1-5H3/b10-8+,17-13-,34-25-/t19-/m0/s1. The number of pyridine rings is 3. The molecule has 0 spiro atoms. The Bertz CT molecular complexity index is 1640. The lowest BCUT2D eigenvalue weighted by molar-refractivity contribution is 0.217. The van der Waals surface area contributed by atoms with Crippen LogP contribution in [0.1, 0.15) is 44.6 Å². The van der Waals surface area contributed by atoms with E-state index in [1.165, 1.54) is 39.9 Å². The molecular formula is C29H31ClF2N4O5. The molecule has 0 aliphatic heterocycles. The molecular weight excluding hydrogens is 558 g/mol. The summed E-state index contributed by atoms with van der Waals surface area (Å²) in [6.07, 6.45) is 5.76. The normalized spacial score (nSPS) is 13.6. The van der Waals surface area contributed by atoms with Gasteiger partial charge in [0, 0.05) is 47.4 Å². The van der Waals surface area contributed by atoms with Gasteiger partial charge in [-0.1, -0.05) is 31.5 Å². The third-order valence-electron chi connectivity index (χ3n) is 6.34. The number of aromatic nitrogens is 3. The maximum Gasteiger partial charge on any atom is 0.277 e. The first kappa shape index (κ1) is 31.6. The van der Waals surface area contributed by atoms with Gasteiger partial charge in [0.05, 0.1) is 18.9 Å². The molecule has 0 fully saturated rings. The van der Waals surface area contributed by atoms with E-state index in [4.69, 9.17) is 16.3 Å². The molecule has 41 heavy (non-hydrogen) atoms. The van der Waals surface area contributed by atoms with Crippen LogP contribution in [-0.2, 0) is 12.0 Å². The average Bonchev–Trinajstić information content (AvgIpc) is 2.92. The highest BCUT2D eigenvalue weighted by Crippen LogP contribution is 2.23. The molecule has 0 amide bonds. The number of halogens is 3. The van der Waals surface area contributed by atoms with Gasteiger partial charge in [-0.2, -0.15) is 0 Å². The molecule has 0 aliphatic carbocycles. The summed E-state index contributed by atoms with van der Waals surface area (Å²) in [5, 5.41) is 19.4. The molecule has 0 aliphatic rings. The van der Waals surface area contributed by atoms with Crippen molar-refractivity contribution in [2.45, 2.75) is 52.7 Å². The number of aliphatic hydroxyl groups is 2. The van der Waals surface area contributed by atoms with Crippen molar-refractivity contribution in [2.75, 3.05) is 6.61 Å². The first-order valence-corrected chi connectivity index (χ1v) is 12.9. The van der Waals surface area contributed by atoms with Gasteiger partial charge in [-0.15, -0.1) is 0 Å². The fraction of sp³-hybridized carbons (Fsp3) is 0.310. The zero-order chi connectivity index (χ0) is 30.5. The van der Waals surface area contributed by atoms with Crippen molar-refractivity contribution >= 4 is 23.6 Å². The summed E-state index contributed by atoms with van der Waals surface area (Å²) >= 11 is 6.27. The topological polar surface area (TPSA) is 119 Å². The molecule has 2 N–H and O–H groups in total. The van der Waals surface area contributed by atoms with Gasteiger partial charge in [-0.05, 0) is 38.5 Å². The second-order valence-electron chi connectivity index (χ2n) is 10.0. The lowest BCUT2D eigenvalue weighted by Crippen LogP contribution is -2.36. The number of aliphatic hydroxyl groups excluding tert-OH is 2. The number of allylic oxidation sites excluding steroid dienone is 1. The Hall–Kier alpha value is -3.93. The summed E-state index contributed by atoms with van der Waals surface area (Å²) in [7, 11) is 0. The Kier molecular flexibility index (Phi) is 10.1. The lowest BCUT2D eigenvalue weighted by atomic mass is 9.86. The number of rotatable bonds is 9. The monoisotopic (exact) mass is 588 g/mol. The van der Waals surface area contributed by atoms with E-state index in [2.05, 4.69) is 9.98 Å². The molecule has 12 heteroatoms. The minimum Gasteiger partial charge on any atom is -0.485 e. The number of aliphatic imine (C=N–C) groups is 1. The van der Waals surface area contributed by atoms with Gasteiger partial charge in [0.2, 0.25) is 0 Å². The lowest BCUT2D eigenvalue weighted by Gasteiger charge is -2.22. The summed E-state index contributed by atoms with van der Waals surface area (Å²) in [6, 6.07) is 5.39. The molecule has 0 saturated carbocycles. The first-order chi connectivity index (χ1) is 19.3. The van der Waals surface area contributed by atoms with Crippen molar-refractivity contribution in [2.24, 2.45) is 4.99 Å². The summed E-state index contributed by atoms with van der Waals surface area (Å²) in [5.74, 6) is -1.64. The predicted molar refractivity (Wildman–Crippen MR) is 153 cm³/mol. The molecule has 3 heterocycles. The molecule has 9 nitrogen and oxygen atoms in total. The van der Waals surface area contributed by atoms with Crippen molar-refractivity contribution < 1.29 is 23.7 Å². The van der Waals surface area contributed by atoms with Crippen molar-refractivity contribution in [1.29, 1.82) is 0 Å². The second-order valence-corrected chi connectivity index (χ2v) is 10.4. The fourth-order valence-corrected chi connectivity index (χ4v) is 3.76. The number of aryl methyl sites for hydroxylation is 1. The van der Waals surface area contributed by atoms with Gasteiger partial charge >= 0.3 is 0 Å². The largest absolute Gasteiger partial charge is 0.485 e. The highest BCUT2D eigenvalue weighted by Gasteiger charge is 2.24. The van der Waals surface area contributed by atoms with Crippen LogP contribution in [0, 0.1) is 18.6 Å². The average molecular weight is 589 g/mol. The highest BCUT2D eigenvalue weighted by atomic mass is 35.5. The molecule has 0 radical (unpaired) electrons. The fourth-order valence-electron chi connectivity index (χ4n) is 3.56. The smallest absolute Gasteiger partial charge is 0.277 e. The second kappa shape index (κ2) is 13.2. The van der Waals surface area contributed by atoms with E-state index in [1.54, 1.807) is 46.8 Å². The Balaban J connectivity index is 2.04. The third kappa shape index (κ3) is 7.43. The Morgan fingerprint density at radius 3 is 2.61 bits per heavy atom. The van der Waals surface area contributed by atoms with E-state index in [9.17, 15) is 28.6 Å². The van der Waals surface area contributed by atoms with Crippen LogP contribution >= 0.6 is 11.6 Å². The SMILES string of the molecule is C/C(=C/N=C(/C=C/n1c(C)cc(OCc2ncc(F)cc2F)c(Cl)c1=O)n1cccc(C(C)(C)CO)c1=O)[C@H](C)O. The van der Waals surface area contributed by atoms with Crippen LogP contribution in [0.4, 0.5) is 8.78 Å². The summed E-state index contributed by atoms with van der Waals surface area (Å²) < 4.78 is 35.0. The quantitative estimate of drug-likeness (QED) is 0.286. The molecule has 0 aromatic carbocycles. The van der Waals surface area contributed by atoms with Gasteiger partial charge in [0.15, 0.2) is 5.82 Å². The molecule has 0 saturated heterocycles. The molecule has 3 rings (SSSR count). The Labute approximate surface area is 240 Å². The predicted octanol–water partition coefficient (Wildman–Crippen LogP) is 4.20. The van der Waals surface area contributed by atoms with Crippen molar-refractivity contribution in [3.8, 4) is 5.75 Å². The number of hydrogen-bond acceptors (Lipinski definition) is 7. The van der Waals surface area contributed by atoms with Crippen LogP contribution in [0.3, 0.4) is 0 Å². The van der Waals surface area contributed by atoms with Crippen LogP contribution in [0.25, 0.3) is 6.20 Å². The zero-order valence-electron chi connectivity index (χ0n) is 23.2. The summed E-state index contributed by atoms with van der Waals surface area (Å²) in [4.78, 5) is 34.5. The van der Waals surface area contributed by atoms with Crippen LogP contribution in [0.5, 0.6) is 5.75 Å². The van der Waals surface area contributed by atoms with Gasteiger partial charge in [0.25, 0.3) is 11.1 Å². The van der Waals surface area contributed by atoms with E-state index in [0.29, 0.717) is 22.9 Å². The van der Waals surface area contributed by atoms with E-state index >= 15 is 0 Å². The van der Waals surface area contributed by atoms with Gasteiger partial charge < -0.3 is 14.9 Å². The zero-order valence-corrected chi connectivity index (χ0v) is 24.0. The van der Waals surface area contributed by atoms with E-state index in [-0.39, 0.29) is 35.5 Å². The van der Waals surface area contributed by atoms with Crippen LogP contribution in [0.2, 0.25) is 5.02 Å². The maximum atomic E-state index is 13.9. The maximum absolute atomic E-state index is 13.9. The molecule has 0 unspecified atom stereocenters. The third-order valence-corrected chi connectivity index (χ3v) is 6.69. The van der Waals surface area contributed by atoms with Crippen molar-refractivity contribution in [3.05, 3.63) is 109 Å². The first-order valence-electron chi connectivity index (χ1n) is 12.5. The van der Waals surface area contributed by atoms with Crippen LogP contribution in [-0.4, -0.2) is 42.9 Å². The van der Waals surface area contributed by atoms with Gasteiger partial charge in [0.1, 0.15) is 34.7 Å². The molecule has 3 aromatic heterocycles. The molecule has 1 atom stereocenters. The molecule has 0 bridgehead atoms. The molecule has 218 valence electrons. The number of nitrogens with zero attached hydrogens (tertiary/aromatic N) is 4. The van der Waals surface area contributed by atoms with Gasteiger partial charge in [-0.25, -0.2) is 13.8 Å². The highest BCUT2D eigenvalue weighted by molar-refractivity contribution is 6.31.